The normalized spacial score (nSPS) is 33.2. The average Bonchev–Trinajstić information content (AvgIpc) is 2.88. The lowest BCUT2D eigenvalue weighted by Gasteiger charge is -2.36. The third-order valence-corrected chi connectivity index (χ3v) is 3.64. The maximum atomic E-state index is 12.1. The SMILES string of the molecule is CC(C)(C)OC(=O)N1CCCC2CC21CN. The second kappa shape index (κ2) is 3.62. The van der Waals surface area contributed by atoms with Crippen LogP contribution in [0.4, 0.5) is 4.79 Å². The Morgan fingerprint density at radius 3 is 2.81 bits per heavy atom. The number of piperidine rings is 1. The molecule has 16 heavy (non-hydrogen) atoms. The number of fused-ring (bicyclic) bond motifs is 1. The molecule has 1 aliphatic heterocycles. The molecule has 1 amide bonds. The number of rotatable bonds is 1. The van der Waals surface area contributed by atoms with Crippen molar-refractivity contribution in [2.24, 2.45) is 11.7 Å². The predicted octanol–water partition coefficient (Wildman–Crippen LogP) is 1.73. The van der Waals surface area contributed by atoms with Gasteiger partial charge in [0, 0.05) is 13.1 Å². The number of carbonyl (C=O) groups is 1. The van der Waals surface area contributed by atoms with Gasteiger partial charge in [0.25, 0.3) is 0 Å². The van der Waals surface area contributed by atoms with Gasteiger partial charge in [0.05, 0.1) is 5.54 Å². The molecule has 1 heterocycles. The summed E-state index contributed by atoms with van der Waals surface area (Å²) < 4.78 is 5.43. The minimum Gasteiger partial charge on any atom is -0.444 e. The minimum absolute atomic E-state index is 0.0689. The van der Waals surface area contributed by atoms with E-state index in [-0.39, 0.29) is 11.6 Å². The molecule has 2 rings (SSSR count). The largest absolute Gasteiger partial charge is 0.444 e. The standard InChI is InChI=1S/C12H22N2O2/c1-11(2,3)16-10(15)14-6-4-5-9-7-12(9,14)8-13/h9H,4-8,13H2,1-3H3. The zero-order valence-corrected chi connectivity index (χ0v) is 10.5. The van der Waals surface area contributed by atoms with Crippen molar-refractivity contribution in [3.63, 3.8) is 0 Å². The van der Waals surface area contributed by atoms with E-state index in [4.69, 9.17) is 10.5 Å². The molecule has 4 nitrogen and oxygen atoms in total. The Morgan fingerprint density at radius 2 is 2.25 bits per heavy atom. The Morgan fingerprint density at radius 1 is 1.56 bits per heavy atom. The Bertz CT molecular complexity index is 298. The van der Waals surface area contributed by atoms with Crippen LogP contribution in [0.15, 0.2) is 0 Å². The van der Waals surface area contributed by atoms with Gasteiger partial charge in [0.1, 0.15) is 5.60 Å². The van der Waals surface area contributed by atoms with E-state index in [1.807, 2.05) is 25.7 Å². The lowest BCUT2D eigenvalue weighted by Crippen LogP contribution is -2.52. The fourth-order valence-electron chi connectivity index (χ4n) is 2.74. The van der Waals surface area contributed by atoms with E-state index < -0.39 is 5.60 Å². The molecule has 4 heteroatoms. The van der Waals surface area contributed by atoms with Gasteiger partial charge in [-0.25, -0.2) is 4.79 Å². The van der Waals surface area contributed by atoms with Crippen LogP contribution < -0.4 is 5.73 Å². The number of hydrogen-bond acceptors (Lipinski definition) is 3. The van der Waals surface area contributed by atoms with E-state index in [1.54, 1.807) is 0 Å². The fraction of sp³-hybridized carbons (Fsp3) is 0.917. The van der Waals surface area contributed by atoms with E-state index >= 15 is 0 Å². The highest BCUT2D eigenvalue weighted by Gasteiger charge is 2.60. The van der Waals surface area contributed by atoms with E-state index in [2.05, 4.69) is 0 Å². The molecule has 1 aliphatic carbocycles. The molecule has 0 aromatic rings. The number of ether oxygens (including phenoxy) is 1. The molecule has 0 aromatic heterocycles. The van der Waals surface area contributed by atoms with Crippen LogP contribution in [0.3, 0.4) is 0 Å². The first-order valence-corrected chi connectivity index (χ1v) is 6.10. The third-order valence-electron chi connectivity index (χ3n) is 3.64. The monoisotopic (exact) mass is 226 g/mol. The Balaban J connectivity index is 2.05. The van der Waals surface area contributed by atoms with Gasteiger partial charge in [-0.05, 0) is 46.0 Å². The second-order valence-corrected chi connectivity index (χ2v) is 5.98. The molecule has 1 saturated heterocycles. The van der Waals surface area contributed by atoms with Gasteiger partial charge in [-0.15, -0.1) is 0 Å². The van der Waals surface area contributed by atoms with Crippen molar-refractivity contribution in [3.8, 4) is 0 Å². The van der Waals surface area contributed by atoms with Gasteiger partial charge in [-0.1, -0.05) is 0 Å². The highest BCUT2D eigenvalue weighted by Crippen LogP contribution is 2.53. The minimum atomic E-state index is -0.422. The molecule has 0 spiro atoms. The predicted molar refractivity (Wildman–Crippen MR) is 62.1 cm³/mol. The first kappa shape index (κ1) is 11.7. The number of nitrogens with zero attached hydrogens (tertiary/aromatic N) is 1. The van der Waals surface area contributed by atoms with Crippen LogP contribution in [-0.2, 0) is 4.74 Å². The maximum absolute atomic E-state index is 12.1. The van der Waals surface area contributed by atoms with E-state index in [1.165, 1.54) is 6.42 Å². The van der Waals surface area contributed by atoms with E-state index in [0.29, 0.717) is 12.5 Å². The molecular weight excluding hydrogens is 204 g/mol. The molecule has 0 bridgehead atoms. The summed E-state index contributed by atoms with van der Waals surface area (Å²) in [5.74, 6) is 0.610. The highest BCUT2D eigenvalue weighted by molar-refractivity contribution is 5.70. The summed E-state index contributed by atoms with van der Waals surface area (Å²) in [5.41, 5.74) is 5.33. The number of carbonyl (C=O) groups excluding carboxylic acids is 1. The Labute approximate surface area is 97.1 Å². The molecule has 0 aromatic carbocycles. The van der Waals surface area contributed by atoms with Crippen LogP contribution in [0.2, 0.25) is 0 Å². The molecule has 2 atom stereocenters. The van der Waals surface area contributed by atoms with Gasteiger partial charge in [-0.3, -0.25) is 0 Å². The van der Waals surface area contributed by atoms with Gasteiger partial charge < -0.3 is 15.4 Å². The summed E-state index contributed by atoms with van der Waals surface area (Å²) in [7, 11) is 0. The molecule has 92 valence electrons. The van der Waals surface area contributed by atoms with Crippen molar-refractivity contribution in [2.75, 3.05) is 13.1 Å². The molecule has 1 saturated carbocycles. The topological polar surface area (TPSA) is 55.6 Å². The van der Waals surface area contributed by atoms with Crippen LogP contribution in [0, 0.1) is 5.92 Å². The summed E-state index contributed by atoms with van der Waals surface area (Å²) in [6.45, 7) is 7.05. The summed E-state index contributed by atoms with van der Waals surface area (Å²) >= 11 is 0. The molecular formula is C12H22N2O2. The lowest BCUT2D eigenvalue weighted by atomic mass is 10.0. The molecule has 2 aliphatic rings. The van der Waals surface area contributed by atoms with Gasteiger partial charge >= 0.3 is 6.09 Å². The number of amides is 1. The van der Waals surface area contributed by atoms with E-state index in [0.717, 1.165) is 19.4 Å². The van der Waals surface area contributed by atoms with Crippen LogP contribution in [0.25, 0.3) is 0 Å². The molecule has 2 unspecified atom stereocenters. The highest BCUT2D eigenvalue weighted by atomic mass is 16.6. The van der Waals surface area contributed by atoms with Crippen LogP contribution >= 0.6 is 0 Å². The summed E-state index contributed by atoms with van der Waals surface area (Å²) in [5, 5.41) is 0. The van der Waals surface area contributed by atoms with Gasteiger partial charge in [-0.2, -0.15) is 0 Å². The van der Waals surface area contributed by atoms with Crippen LogP contribution in [-0.4, -0.2) is 35.2 Å². The van der Waals surface area contributed by atoms with Crippen molar-refractivity contribution in [2.45, 2.75) is 51.2 Å². The fourth-order valence-corrected chi connectivity index (χ4v) is 2.74. The Hall–Kier alpha value is -0.770. The molecule has 2 N–H and O–H groups in total. The van der Waals surface area contributed by atoms with Crippen LogP contribution in [0.1, 0.15) is 40.0 Å². The number of hydrogen-bond donors (Lipinski definition) is 1. The van der Waals surface area contributed by atoms with Crippen molar-refractivity contribution >= 4 is 6.09 Å². The number of nitrogens with two attached hydrogens (primary N) is 1. The summed E-state index contributed by atoms with van der Waals surface area (Å²) in [6.07, 6.45) is 3.14. The van der Waals surface area contributed by atoms with E-state index in [9.17, 15) is 4.79 Å². The van der Waals surface area contributed by atoms with Gasteiger partial charge in [0.15, 0.2) is 0 Å². The quantitative estimate of drug-likeness (QED) is 0.741. The Kier molecular flexibility index (Phi) is 2.65. The second-order valence-electron chi connectivity index (χ2n) is 5.98. The maximum Gasteiger partial charge on any atom is 0.410 e. The third kappa shape index (κ3) is 1.90. The first-order valence-electron chi connectivity index (χ1n) is 6.10. The summed E-state index contributed by atoms with van der Waals surface area (Å²) in [4.78, 5) is 13.9. The zero-order chi connectivity index (χ0) is 12.0. The van der Waals surface area contributed by atoms with Gasteiger partial charge in [0.2, 0.25) is 0 Å². The van der Waals surface area contributed by atoms with Crippen molar-refractivity contribution < 1.29 is 9.53 Å². The smallest absolute Gasteiger partial charge is 0.410 e. The number of likely N-dealkylation sites (tertiary alicyclic amines) is 1. The molecule has 2 fully saturated rings. The van der Waals surface area contributed by atoms with Crippen molar-refractivity contribution in [1.82, 2.24) is 4.90 Å². The van der Waals surface area contributed by atoms with Crippen molar-refractivity contribution in [3.05, 3.63) is 0 Å². The van der Waals surface area contributed by atoms with Crippen LogP contribution in [0.5, 0.6) is 0 Å². The lowest BCUT2D eigenvalue weighted by molar-refractivity contribution is 0.00695. The van der Waals surface area contributed by atoms with Crippen molar-refractivity contribution in [1.29, 1.82) is 0 Å². The molecule has 0 radical (unpaired) electrons. The summed E-state index contributed by atoms with van der Waals surface area (Å²) in [6, 6.07) is 0. The average molecular weight is 226 g/mol. The first-order chi connectivity index (χ1) is 7.39. The zero-order valence-electron chi connectivity index (χ0n) is 10.5.